The lowest BCUT2D eigenvalue weighted by Gasteiger charge is -2.31. The molecule has 1 heterocycles. The van der Waals surface area contributed by atoms with Crippen molar-refractivity contribution in [2.75, 3.05) is 25.9 Å². The molecule has 126 valence electrons. The molecule has 1 aliphatic rings. The van der Waals surface area contributed by atoms with Gasteiger partial charge < -0.3 is 10.2 Å². The second kappa shape index (κ2) is 7.44. The number of rotatable bonds is 4. The Balaban J connectivity index is 2.00. The summed E-state index contributed by atoms with van der Waals surface area (Å²) in [5, 5.41) is 1.76. The van der Waals surface area contributed by atoms with E-state index in [1.165, 1.54) is 7.05 Å². The highest BCUT2D eigenvalue weighted by atomic mass is 79.9. The molecule has 0 saturated carbocycles. The molecule has 1 fully saturated rings. The first-order chi connectivity index (χ1) is 10.8. The average molecular weight is 403 g/mol. The fourth-order valence-corrected chi connectivity index (χ4v) is 4.72. The molecule has 1 aromatic rings. The Morgan fingerprint density at radius 1 is 1.26 bits per heavy atom. The molecular weight excluding hydrogens is 384 g/mol. The van der Waals surface area contributed by atoms with Crippen molar-refractivity contribution in [1.82, 2.24) is 10.2 Å². The second-order valence-electron chi connectivity index (χ2n) is 5.45. The van der Waals surface area contributed by atoms with Crippen LogP contribution in [0.25, 0.3) is 0 Å². The van der Waals surface area contributed by atoms with E-state index in [0.717, 1.165) is 4.47 Å². The fraction of sp³-hybridized carbons (Fsp3) is 0.467. The van der Waals surface area contributed by atoms with Gasteiger partial charge >= 0.3 is 0 Å². The third-order valence-electron chi connectivity index (χ3n) is 3.95. The highest BCUT2D eigenvalue weighted by Gasteiger charge is 2.33. The van der Waals surface area contributed by atoms with E-state index in [0.29, 0.717) is 31.5 Å². The molecule has 2 amide bonds. The SMILES string of the molecule is CNC(=O)CS(=O)(=O)C1CCN(C(=O)c2ccccc2Br)CC1. The Morgan fingerprint density at radius 3 is 2.43 bits per heavy atom. The number of hydrogen-bond acceptors (Lipinski definition) is 4. The number of carbonyl (C=O) groups is 2. The van der Waals surface area contributed by atoms with Gasteiger partial charge in [0.1, 0.15) is 5.75 Å². The van der Waals surface area contributed by atoms with Gasteiger partial charge in [0.25, 0.3) is 5.91 Å². The van der Waals surface area contributed by atoms with Gasteiger partial charge in [-0.05, 0) is 40.9 Å². The summed E-state index contributed by atoms with van der Waals surface area (Å²) in [4.78, 5) is 25.4. The number of sulfone groups is 1. The van der Waals surface area contributed by atoms with Gasteiger partial charge in [-0.2, -0.15) is 0 Å². The maximum atomic E-state index is 12.5. The van der Waals surface area contributed by atoms with Crippen LogP contribution in [-0.4, -0.2) is 56.3 Å². The van der Waals surface area contributed by atoms with Gasteiger partial charge in [0.05, 0.1) is 10.8 Å². The first-order valence-electron chi connectivity index (χ1n) is 7.31. The Kier molecular flexibility index (Phi) is 5.80. The highest BCUT2D eigenvalue weighted by Crippen LogP contribution is 2.23. The van der Waals surface area contributed by atoms with E-state index in [2.05, 4.69) is 21.2 Å². The number of hydrogen-bond donors (Lipinski definition) is 1. The number of piperidine rings is 1. The van der Waals surface area contributed by atoms with Crippen LogP contribution in [0, 0.1) is 0 Å². The Hall–Kier alpha value is -1.41. The van der Waals surface area contributed by atoms with Gasteiger partial charge in [0, 0.05) is 24.6 Å². The summed E-state index contributed by atoms with van der Waals surface area (Å²) in [5.74, 6) is -1.11. The minimum absolute atomic E-state index is 0.111. The van der Waals surface area contributed by atoms with Gasteiger partial charge in [-0.3, -0.25) is 9.59 Å². The van der Waals surface area contributed by atoms with E-state index < -0.39 is 26.7 Å². The number of nitrogens with one attached hydrogen (secondary N) is 1. The molecule has 1 N–H and O–H groups in total. The molecule has 0 aliphatic carbocycles. The summed E-state index contributed by atoms with van der Waals surface area (Å²) in [6, 6.07) is 7.16. The third kappa shape index (κ3) is 4.32. The molecule has 0 atom stereocenters. The van der Waals surface area contributed by atoms with Crippen molar-refractivity contribution in [3.8, 4) is 0 Å². The zero-order valence-electron chi connectivity index (χ0n) is 12.8. The van der Waals surface area contributed by atoms with Crippen molar-refractivity contribution in [1.29, 1.82) is 0 Å². The third-order valence-corrected chi connectivity index (χ3v) is 6.80. The number of carbonyl (C=O) groups excluding carboxylic acids is 2. The Bertz CT molecular complexity index is 697. The number of halogens is 1. The summed E-state index contributed by atoms with van der Waals surface area (Å²) in [7, 11) is -2.06. The monoisotopic (exact) mass is 402 g/mol. The normalized spacial score (nSPS) is 16.2. The molecule has 0 spiro atoms. The van der Waals surface area contributed by atoms with E-state index in [1.807, 2.05) is 6.07 Å². The molecule has 2 rings (SSSR count). The minimum atomic E-state index is -3.48. The van der Waals surface area contributed by atoms with Crippen LogP contribution in [0.4, 0.5) is 0 Å². The van der Waals surface area contributed by atoms with E-state index in [-0.39, 0.29) is 5.91 Å². The summed E-state index contributed by atoms with van der Waals surface area (Å²) in [6.07, 6.45) is 0.713. The van der Waals surface area contributed by atoms with Crippen LogP contribution in [0.3, 0.4) is 0 Å². The van der Waals surface area contributed by atoms with Crippen LogP contribution >= 0.6 is 15.9 Å². The van der Waals surface area contributed by atoms with Gasteiger partial charge in [-0.15, -0.1) is 0 Å². The molecule has 8 heteroatoms. The molecule has 1 saturated heterocycles. The smallest absolute Gasteiger partial charge is 0.254 e. The van der Waals surface area contributed by atoms with Crippen LogP contribution in [0.15, 0.2) is 28.7 Å². The van der Waals surface area contributed by atoms with Crippen LogP contribution in [0.2, 0.25) is 0 Å². The van der Waals surface area contributed by atoms with Crippen LogP contribution in [-0.2, 0) is 14.6 Å². The molecule has 1 aromatic carbocycles. The van der Waals surface area contributed by atoms with E-state index >= 15 is 0 Å². The predicted octanol–water partition coefficient (Wildman–Crippen LogP) is 1.21. The molecular formula is C15H19BrN2O4S. The zero-order chi connectivity index (χ0) is 17.0. The zero-order valence-corrected chi connectivity index (χ0v) is 15.2. The second-order valence-corrected chi connectivity index (χ2v) is 8.59. The van der Waals surface area contributed by atoms with Gasteiger partial charge in [0.2, 0.25) is 5.91 Å². The Labute approximate surface area is 144 Å². The summed E-state index contributed by atoms with van der Waals surface area (Å²) < 4.78 is 25.1. The number of nitrogens with zero attached hydrogens (tertiary/aromatic N) is 1. The highest BCUT2D eigenvalue weighted by molar-refractivity contribution is 9.10. The number of likely N-dealkylation sites (tertiary alicyclic amines) is 1. The van der Waals surface area contributed by atoms with Crippen molar-refractivity contribution in [2.45, 2.75) is 18.1 Å². The predicted molar refractivity (Wildman–Crippen MR) is 90.9 cm³/mol. The van der Waals surface area contributed by atoms with Gasteiger partial charge in [0.15, 0.2) is 9.84 Å². The number of amides is 2. The maximum Gasteiger partial charge on any atom is 0.254 e. The van der Waals surface area contributed by atoms with Gasteiger partial charge in [-0.1, -0.05) is 12.1 Å². The molecule has 0 unspecified atom stereocenters. The topological polar surface area (TPSA) is 83.6 Å². The van der Waals surface area contributed by atoms with Crippen molar-refractivity contribution in [3.05, 3.63) is 34.3 Å². The first-order valence-corrected chi connectivity index (χ1v) is 9.82. The summed E-state index contributed by atoms with van der Waals surface area (Å²) >= 11 is 3.35. The lowest BCUT2D eigenvalue weighted by atomic mass is 10.1. The van der Waals surface area contributed by atoms with Crippen LogP contribution in [0.5, 0.6) is 0 Å². The van der Waals surface area contributed by atoms with E-state index in [9.17, 15) is 18.0 Å². The van der Waals surface area contributed by atoms with Crippen LogP contribution < -0.4 is 5.32 Å². The first kappa shape index (κ1) is 17.9. The average Bonchev–Trinajstić information content (AvgIpc) is 2.54. The van der Waals surface area contributed by atoms with Crippen LogP contribution in [0.1, 0.15) is 23.2 Å². The number of benzene rings is 1. The molecule has 0 bridgehead atoms. The maximum absolute atomic E-state index is 12.5. The van der Waals surface area contributed by atoms with Crippen molar-refractivity contribution in [2.24, 2.45) is 0 Å². The van der Waals surface area contributed by atoms with Crippen molar-refractivity contribution in [3.63, 3.8) is 0 Å². The largest absolute Gasteiger partial charge is 0.358 e. The lowest BCUT2D eigenvalue weighted by Crippen LogP contribution is -2.44. The van der Waals surface area contributed by atoms with E-state index in [4.69, 9.17) is 0 Å². The summed E-state index contributed by atoms with van der Waals surface area (Å²) in [6.45, 7) is 0.746. The molecule has 23 heavy (non-hydrogen) atoms. The lowest BCUT2D eigenvalue weighted by molar-refractivity contribution is -0.118. The molecule has 0 radical (unpaired) electrons. The quantitative estimate of drug-likeness (QED) is 0.820. The summed E-state index contributed by atoms with van der Waals surface area (Å²) in [5.41, 5.74) is 0.569. The van der Waals surface area contributed by atoms with Crippen molar-refractivity contribution < 1.29 is 18.0 Å². The Morgan fingerprint density at radius 2 is 1.87 bits per heavy atom. The van der Waals surface area contributed by atoms with Crippen molar-refractivity contribution >= 4 is 37.6 Å². The van der Waals surface area contributed by atoms with E-state index in [1.54, 1.807) is 23.1 Å². The minimum Gasteiger partial charge on any atom is -0.358 e. The molecule has 1 aliphatic heterocycles. The standard InChI is InChI=1S/C15H19BrN2O4S/c1-17-14(19)10-23(21,22)11-6-8-18(9-7-11)15(20)12-4-2-3-5-13(12)16/h2-5,11H,6-10H2,1H3,(H,17,19). The molecule has 0 aromatic heterocycles. The molecule has 6 nitrogen and oxygen atoms in total. The fourth-order valence-electron chi connectivity index (χ4n) is 2.60. The van der Waals surface area contributed by atoms with Gasteiger partial charge in [-0.25, -0.2) is 8.42 Å².